The van der Waals surface area contributed by atoms with Gasteiger partial charge < -0.3 is 9.80 Å². The molecule has 1 amide bonds. The second-order valence-electron chi connectivity index (χ2n) is 5.11. The number of piperidine rings is 1. The predicted molar refractivity (Wildman–Crippen MR) is 84.5 cm³/mol. The average molecular weight is 390 g/mol. The Hall–Kier alpha value is -0.390. The van der Waals surface area contributed by atoms with Gasteiger partial charge in [-0.3, -0.25) is 4.79 Å². The van der Waals surface area contributed by atoms with E-state index in [1.54, 1.807) is 0 Å². The molecular formula is C14H18Br2N2O. The first-order valence-electron chi connectivity index (χ1n) is 6.40. The molecule has 0 aliphatic carbocycles. The largest absolute Gasteiger partial charge is 0.338 e. The quantitative estimate of drug-likeness (QED) is 0.774. The second kappa shape index (κ2) is 6.37. The summed E-state index contributed by atoms with van der Waals surface area (Å²) < 4.78 is 1.82. The van der Waals surface area contributed by atoms with Gasteiger partial charge in [-0.1, -0.05) is 15.9 Å². The van der Waals surface area contributed by atoms with Crippen molar-refractivity contribution in [2.75, 3.05) is 27.2 Å². The highest BCUT2D eigenvalue weighted by molar-refractivity contribution is 9.11. The Labute approximate surface area is 131 Å². The fourth-order valence-corrected chi connectivity index (χ4v) is 3.64. The lowest BCUT2D eigenvalue weighted by atomic mass is 10.0. The third-order valence-electron chi connectivity index (χ3n) is 3.64. The third kappa shape index (κ3) is 3.58. The molecule has 1 aromatic rings. The lowest BCUT2D eigenvalue weighted by molar-refractivity contribution is 0.0662. The number of benzene rings is 1. The van der Waals surface area contributed by atoms with Gasteiger partial charge in [-0.15, -0.1) is 0 Å². The summed E-state index contributed by atoms with van der Waals surface area (Å²) in [6, 6.07) is 6.29. The fourth-order valence-electron chi connectivity index (χ4n) is 2.42. The first-order chi connectivity index (χ1) is 8.99. The van der Waals surface area contributed by atoms with Crippen LogP contribution in [-0.4, -0.2) is 48.9 Å². The summed E-state index contributed by atoms with van der Waals surface area (Å²) in [5.41, 5.74) is 0.742. The Kier molecular flexibility index (Phi) is 5.03. The summed E-state index contributed by atoms with van der Waals surface area (Å²) in [6.45, 7) is 1.67. The first-order valence-corrected chi connectivity index (χ1v) is 7.98. The van der Waals surface area contributed by atoms with Crippen LogP contribution in [0.25, 0.3) is 0 Å². The van der Waals surface area contributed by atoms with E-state index in [4.69, 9.17) is 0 Å². The molecule has 0 saturated carbocycles. The topological polar surface area (TPSA) is 23.6 Å². The van der Waals surface area contributed by atoms with Crippen LogP contribution < -0.4 is 0 Å². The predicted octanol–water partition coefficient (Wildman–Crippen LogP) is 3.38. The van der Waals surface area contributed by atoms with Gasteiger partial charge in [0.25, 0.3) is 5.91 Å². The van der Waals surface area contributed by atoms with Gasteiger partial charge >= 0.3 is 0 Å². The average Bonchev–Trinajstić information content (AvgIpc) is 2.38. The zero-order valence-corrected chi connectivity index (χ0v) is 14.4. The van der Waals surface area contributed by atoms with Crippen LogP contribution in [0.15, 0.2) is 27.1 Å². The van der Waals surface area contributed by atoms with Crippen molar-refractivity contribution in [3.63, 3.8) is 0 Å². The van der Waals surface area contributed by atoms with Crippen molar-refractivity contribution < 1.29 is 4.79 Å². The molecule has 1 aliphatic heterocycles. The lowest BCUT2D eigenvalue weighted by Crippen LogP contribution is -2.44. The van der Waals surface area contributed by atoms with Crippen LogP contribution in [-0.2, 0) is 0 Å². The van der Waals surface area contributed by atoms with E-state index in [1.165, 1.54) is 0 Å². The molecule has 5 heteroatoms. The zero-order valence-electron chi connectivity index (χ0n) is 11.2. The molecule has 0 N–H and O–H groups in total. The molecule has 0 bridgehead atoms. The molecule has 1 fully saturated rings. The number of hydrogen-bond donors (Lipinski definition) is 0. The van der Waals surface area contributed by atoms with E-state index >= 15 is 0 Å². The molecule has 0 atom stereocenters. The highest BCUT2D eigenvalue weighted by Gasteiger charge is 2.25. The Morgan fingerprint density at radius 3 is 2.42 bits per heavy atom. The smallest absolute Gasteiger partial charge is 0.255 e. The normalized spacial score (nSPS) is 17.0. The van der Waals surface area contributed by atoms with Crippen LogP contribution in [0.3, 0.4) is 0 Å². The van der Waals surface area contributed by atoms with E-state index in [0.29, 0.717) is 6.04 Å². The minimum atomic E-state index is 0.122. The van der Waals surface area contributed by atoms with E-state index in [9.17, 15) is 4.79 Å². The molecule has 1 aliphatic rings. The van der Waals surface area contributed by atoms with Gasteiger partial charge in [-0.05, 0) is 61.1 Å². The Bertz CT molecular complexity index is 469. The summed E-state index contributed by atoms with van der Waals surface area (Å²) in [5.74, 6) is 0.122. The maximum atomic E-state index is 12.5. The van der Waals surface area contributed by atoms with Crippen molar-refractivity contribution in [3.05, 3.63) is 32.7 Å². The van der Waals surface area contributed by atoms with E-state index in [1.807, 2.05) is 23.1 Å². The van der Waals surface area contributed by atoms with Gasteiger partial charge in [-0.25, -0.2) is 0 Å². The van der Waals surface area contributed by atoms with Crippen molar-refractivity contribution in [3.8, 4) is 0 Å². The zero-order chi connectivity index (χ0) is 14.0. The van der Waals surface area contributed by atoms with Crippen molar-refractivity contribution in [2.45, 2.75) is 18.9 Å². The standard InChI is InChI=1S/C14H18Br2N2O/c1-17(2)11-5-7-18(8-6-11)14(19)12-4-3-10(15)9-13(12)16/h3-4,9,11H,5-8H2,1-2H3. The molecule has 3 nitrogen and oxygen atoms in total. The van der Waals surface area contributed by atoms with Crippen molar-refractivity contribution >= 4 is 37.8 Å². The molecule has 2 rings (SSSR count). The van der Waals surface area contributed by atoms with Crippen molar-refractivity contribution in [1.29, 1.82) is 0 Å². The second-order valence-corrected chi connectivity index (χ2v) is 6.88. The Morgan fingerprint density at radius 1 is 1.26 bits per heavy atom. The van der Waals surface area contributed by atoms with Gasteiger partial charge in [0, 0.05) is 28.1 Å². The number of carbonyl (C=O) groups excluding carboxylic acids is 1. The highest BCUT2D eigenvalue weighted by atomic mass is 79.9. The maximum Gasteiger partial charge on any atom is 0.255 e. The minimum Gasteiger partial charge on any atom is -0.338 e. The molecular weight excluding hydrogens is 372 g/mol. The van der Waals surface area contributed by atoms with Crippen molar-refractivity contribution in [2.24, 2.45) is 0 Å². The molecule has 104 valence electrons. The number of halogens is 2. The Balaban J connectivity index is 2.05. The SMILES string of the molecule is CN(C)C1CCN(C(=O)c2ccc(Br)cc2Br)CC1. The molecule has 0 spiro atoms. The molecule has 1 saturated heterocycles. The molecule has 1 aromatic carbocycles. The van der Waals surface area contributed by atoms with Crippen LogP contribution in [0.1, 0.15) is 23.2 Å². The number of amides is 1. The number of nitrogens with zero attached hydrogens (tertiary/aromatic N) is 2. The van der Waals surface area contributed by atoms with Crippen LogP contribution in [0.2, 0.25) is 0 Å². The van der Waals surface area contributed by atoms with Crippen LogP contribution in [0.5, 0.6) is 0 Å². The summed E-state index contributed by atoms with van der Waals surface area (Å²) in [5, 5.41) is 0. The van der Waals surface area contributed by atoms with Gasteiger partial charge in [0.15, 0.2) is 0 Å². The van der Waals surface area contributed by atoms with E-state index in [-0.39, 0.29) is 5.91 Å². The molecule has 0 radical (unpaired) electrons. The number of hydrogen-bond acceptors (Lipinski definition) is 2. The first kappa shape index (κ1) is 15.0. The molecule has 1 heterocycles. The highest BCUT2D eigenvalue weighted by Crippen LogP contribution is 2.24. The summed E-state index contributed by atoms with van der Waals surface area (Å²) >= 11 is 6.87. The van der Waals surface area contributed by atoms with Crippen LogP contribution in [0, 0.1) is 0 Å². The van der Waals surface area contributed by atoms with Gasteiger partial charge in [-0.2, -0.15) is 0 Å². The maximum absolute atomic E-state index is 12.5. The third-order valence-corrected chi connectivity index (χ3v) is 4.79. The summed E-state index contributed by atoms with van der Waals surface area (Å²) in [4.78, 5) is 16.7. The van der Waals surface area contributed by atoms with Gasteiger partial charge in [0.2, 0.25) is 0 Å². The number of likely N-dealkylation sites (tertiary alicyclic amines) is 1. The van der Waals surface area contributed by atoms with E-state index in [0.717, 1.165) is 40.4 Å². The van der Waals surface area contributed by atoms with Gasteiger partial charge in [0.05, 0.1) is 5.56 Å². The number of rotatable bonds is 2. The van der Waals surface area contributed by atoms with E-state index < -0.39 is 0 Å². The lowest BCUT2D eigenvalue weighted by Gasteiger charge is -2.35. The molecule has 19 heavy (non-hydrogen) atoms. The van der Waals surface area contributed by atoms with Crippen LogP contribution >= 0.6 is 31.9 Å². The fraction of sp³-hybridized carbons (Fsp3) is 0.500. The summed E-state index contributed by atoms with van der Waals surface area (Å²) in [7, 11) is 4.21. The molecule has 0 unspecified atom stereocenters. The van der Waals surface area contributed by atoms with Crippen molar-refractivity contribution in [1.82, 2.24) is 9.80 Å². The van der Waals surface area contributed by atoms with Gasteiger partial charge in [0.1, 0.15) is 0 Å². The summed E-state index contributed by atoms with van der Waals surface area (Å²) in [6.07, 6.45) is 2.10. The van der Waals surface area contributed by atoms with Crippen LogP contribution in [0.4, 0.5) is 0 Å². The Morgan fingerprint density at radius 2 is 1.89 bits per heavy atom. The van der Waals surface area contributed by atoms with E-state index in [2.05, 4.69) is 50.9 Å². The monoisotopic (exact) mass is 388 g/mol. The minimum absolute atomic E-state index is 0.122. The number of carbonyl (C=O) groups is 1. The molecule has 0 aromatic heterocycles.